The lowest BCUT2D eigenvalue weighted by Gasteiger charge is -2.14. The molecule has 2 N–H and O–H groups in total. The van der Waals surface area contributed by atoms with Crippen LogP contribution in [0.15, 0.2) is 53.4 Å². The minimum Gasteiger partial charge on any atom is -0.449 e. The van der Waals surface area contributed by atoms with E-state index < -0.39 is 28.0 Å². The van der Waals surface area contributed by atoms with E-state index in [4.69, 9.17) is 4.74 Å². The zero-order chi connectivity index (χ0) is 20.9. The molecule has 0 heterocycles. The van der Waals surface area contributed by atoms with Crippen molar-refractivity contribution in [3.63, 3.8) is 0 Å². The van der Waals surface area contributed by atoms with Crippen molar-refractivity contribution < 1.29 is 27.5 Å². The van der Waals surface area contributed by atoms with Crippen LogP contribution in [0.5, 0.6) is 0 Å². The van der Waals surface area contributed by atoms with E-state index in [-0.39, 0.29) is 16.2 Å². The van der Waals surface area contributed by atoms with Crippen LogP contribution in [-0.2, 0) is 19.6 Å². The number of benzene rings is 2. The summed E-state index contributed by atoms with van der Waals surface area (Å²) in [5, 5.41) is 2.56. The predicted octanol–water partition coefficient (Wildman–Crippen LogP) is 1.98. The molecular formula is C19H20N2O6S. The first kappa shape index (κ1) is 21.3. The summed E-state index contributed by atoms with van der Waals surface area (Å²) in [6.07, 6.45) is -1.14. The number of anilines is 1. The fourth-order valence-electron chi connectivity index (χ4n) is 2.25. The Balaban J connectivity index is 2.08. The molecule has 0 saturated carbocycles. The van der Waals surface area contributed by atoms with Gasteiger partial charge in [-0.25, -0.2) is 17.9 Å². The lowest BCUT2D eigenvalue weighted by Crippen LogP contribution is -2.30. The standard InChI is InChI=1S/C19H20N2O6S/c1-12(22)14-6-4-8-16(10-14)21-18(23)13(2)27-19(24)15-7-5-9-17(11-15)28(25,26)20-3/h4-11,13,20H,1-3H3,(H,21,23)/t13-/m0/s1. The van der Waals surface area contributed by atoms with Crippen LogP contribution in [0.2, 0.25) is 0 Å². The van der Waals surface area contributed by atoms with E-state index in [1.165, 1.54) is 45.2 Å². The molecular weight excluding hydrogens is 384 g/mol. The summed E-state index contributed by atoms with van der Waals surface area (Å²) < 4.78 is 30.9. The molecule has 0 aromatic heterocycles. The monoisotopic (exact) mass is 404 g/mol. The third-order valence-corrected chi connectivity index (χ3v) is 5.25. The fourth-order valence-corrected chi connectivity index (χ4v) is 3.03. The molecule has 2 aromatic carbocycles. The molecule has 8 nitrogen and oxygen atoms in total. The number of carbonyl (C=O) groups excluding carboxylic acids is 3. The van der Waals surface area contributed by atoms with Gasteiger partial charge in [0.15, 0.2) is 11.9 Å². The van der Waals surface area contributed by atoms with Gasteiger partial charge < -0.3 is 10.1 Å². The Labute approximate surface area is 163 Å². The second-order valence-corrected chi connectivity index (χ2v) is 7.80. The maximum atomic E-state index is 12.3. The van der Waals surface area contributed by atoms with E-state index in [1.807, 2.05) is 0 Å². The minimum atomic E-state index is -3.72. The van der Waals surface area contributed by atoms with Gasteiger partial charge in [-0.15, -0.1) is 0 Å². The molecule has 0 radical (unpaired) electrons. The number of esters is 1. The van der Waals surface area contributed by atoms with Gasteiger partial charge in [0.1, 0.15) is 0 Å². The van der Waals surface area contributed by atoms with Gasteiger partial charge in [0.25, 0.3) is 5.91 Å². The average molecular weight is 404 g/mol. The number of ketones is 1. The van der Waals surface area contributed by atoms with Crippen LogP contribution in [0.1, 0.15) is 34.6 Å². The van der Waals surface area contributed by atoms with E-state index in [9.17, 15) is 22.8 Å². The van der Waals surface area contributed by atoms with Gasteiger partial charge in [0, 0.05) is 11.3 Å². The molecule has 28 heavy (non-hydrogen) atoms. The number of nitrogens with one attached hydrogen (secondary N) is 2. The molecule has 0 aliphatic carbocycles. The largest absolute Gasteiger partial charge is 0.449 e. The number of ether oxygens (including phenoxy) is 1. The molecule has 0 aliphatic heterocycles. The number of hydrogen-bond donors (Lipinski definition) is 2. The van der Waals surface area contributed by atoms with Crippen LogP contribution in [-0.4, -0.2) is 39.2 Å². The van der Waals surface area contributed by atoms with Crippen molar-refractivity contribution in [1.29, 1.82) is 0 Å². The number of Topliss-reactive ketones (excluding diaryl/α,β-unsaturated/α-hetero) is 1. The summed E-state index contributed by atoms with van der Waals surface area (Å²) in [4.78, 5) is 35.8. The first-order valence-electron chi connectivity index (χ1n) is 8.30. The Kier molecular flexibility index (Phi) is 6.66. The maximum Gasteiger partial charge on any atom is 0.338 e. The Morgan fingerprint density at radius 1 is 1.00 bits per heavy atom. The van der Waals surface area contributed by atoms with Crippen molar-refractivity contribution >= 4 is 33.4 Å². The normalized spacial score (nSPS) is 12.1. The Bertz CT molecular complexity index is 1020. The Morgan fingerprint density at radius 3 is 2.29 bits per heavy atom. The van der Waals surface area contributed by atoms with Crippen LogP contribution in [0.4, 0.5) is 5.69 Å². The molecule has 0 aliphatic rings. The quantitative estimate of drug-likeness (QED) is 0.538. The van der Waals surface area contributed by atoms with Crippen molar-refractivity contribution in [2.24, 2.45) is 0 Å². The highest BCUT2D eigenvalue weighted by atomic mass is 32.2. The highest BCUT2D eigenvalue weighted by Crippen LogP contribution is 2.15. The molecule has 2 rings (SSSR count). The molecule has 9 heteroatoms. The average Bonchev–Trinajstić information content (AvgIpc) is 2.68. The SMILES string of the molecule is CNS(=O)(=O)c1cccc(C(=O)O[C@@H](C)C(=O)Nc2cccc(C(C)=O)c2)c1. The van der Waals surface area contributed by atoms with Gasteiger partial charge in [-0.05, 0) is 51.2 Å². The topological polar surface area (TPSA) is 119 Å². The van der Waals surface area contributed by atoms with Crippen LogP contribution in [0, 0.1) is 0 Å². The summed E-state index contributed by atoms with van der Waals surface area (Å²) in [6.45, 7) is 2.80. The summed E-state index contributed by atoms with van der Waals surface area (Å²) in [5.41, 5.74) is 0.822. The lowest BCUT2D eigenvalue weighted by molar-refractivity contribution is -0.123. The second-order valence-electron chi connectivity index (χ2n) is 5.91. The number of rotatable bonds is 7. The Hall–Kier alpha value is -3.04. The third-order valence-electron chi connectivity index (χ3n) is 3.84. The molecule has 0 unspecified atom stereocenters. The van der Waals surface area contributed by atoms with Gasteiger partial charge in [-0.2, -0.15) is 0 Å². The first-order chi connectivity index (χ1) is 13.1. The molecule has 0 spiro atoms. The molecule has 1 amide bonds. The van der Waals surface area contributed by atoms with E-state index in [1.54, 1.807) is 18.2 Å². The smallest absolute Gasteiger partial charge is 0.338 e. The first-order valence-corrected chi connectivity index (χ1v) is 9.79. The van der Waals surface area contributed by atoms with Crippen LogP contribution < -0.4 is 10.0 Å². The summed E-state index contributed by atoms with van der Waals surface area (Å²) in [6, 6.07) is 11.6. The van der Waals surface area contributed by atoms with Crippen molar-refractivity contribution in [1.82, 2.24) is 4.72 Å². The zero-order valence-corrected chi connectivity index (χ0v) is 16.4. The van der Waals surface area contributed by atoms with Gasteiger partial charge in [0.2, 0.25) is 10.0 Å². The molecule has 2 aromatic rings. The zero-order valence-electron chi connectivity index (χ0n) is 15.6. The summed E-state index contributed by atoms with van der Waals surface area (Å²) >= 11 is 0. The van der Waals surface area contributed by atoms with Crippen molar-refractivity contribution in [3.05, 3.63) is 59.7 Å². The maximum absolute atomic E-state index is 12.3. The number of amides is 1. The van der Waals surface area contributed by atoms with Crippen molar-refractivity contribution in [3.8, 4) is 0 Å². The molecule has 0 bridgehead atoms. The Morgan fingerprint density at radius 2 is 1.64 bits per heavy atom. The molecule has 0 fully saturated rings. The van der Waals surface area contributed by atoms with E-state index in [0.29, 0.717) is 11.3 Å². The fraction of sp³-hybridized carbons (Fsp3) is 0.211. The number of carbonyl (C=O) groups is 3. The third kappa shape index (κ3) is 5.24. The van der Waals surface area contributed by atoms with Crippen molar-refractivity contribution in [2.75, 3.05) is 12.4 Å². The molecule has 148 valence electrons. The van der Waals surface area contributed by atoms with Crippen LogP contribution >= 0.6 is 0 Å². The summed E-state index contributed by atoms with van der Waals surface area (Å²) in [5.74, 6) is -1.58. The van der Waals surface area contributed by atoms with Gasteiger partial charge in [-0.3, -0.25) is 9.59 Å². The van der Waals surface area contributed by atoms with Crippen LogP contribution in [0.3, 0.4) is 0 Å². The van der Waals surface area contributed by atoms with Gasteiger partial charge in [0.05, 0.1) is 10.5 Å². The molecule has 0 saturated heterocycles. The predicted molar refractivity (Wildman–Crippen MR) is 103 cm³/mol. The minimum absolute atomic E-state index is 0.00504. The summed E-state index contributed by atoms with van der Waals surface area (Å²) in [7, 11) is -2.46. The van der Waals surface area contributed by atoms with Crippen LogP contribution in [0.25, 0.3) is 0 Å². The molecule has 1 atom stereocenters. The number of hydrogen-bond acceptors (Lipinski definition) is 6. The van der Waals surface area contributed by atoms with Gasteiger partial charge >= 0.3 is 5.97 Å². The van der Waals surface area contributed by atoms with Crippen molar-refractivity contribution in [2.45, 2.75) is 24.8 Å². The van der Waals surface area contributed by atoms with E-state index in [2.05, 4.69) is 10.0 Å². The second kappa shape index (κ2) is 8.77. The number of sulfonamides is 1. The highest BCUT2D eigenvalue weighted by Gasteiger charge is 2.21. The lowest BCUT2D eigenvalue weighted by atomic mass is 10.1. The van der Waals surface area contributed by atoms with Gasteiger partial charge in [-0.1, -0.05) is 18.2 Å². The highest BCUT2D eigenvalue weighted by molar-refractivity contribution is 7.89. The van der Waals surface area contributed by atoms with E-state index >= 15 is 0 Å². The van der Waals surface area contributed by atoms with E-state index in [0.717, 1.165) is 6.07 Å².